The van der Waals surface area contributed by atoms with Crippen molar-refractivity contribution in [2.75, 3.05) is 19.5 Å². The number of hydrogen-bond donors (Lipinski definition) is 1. The Bertz CT molecular complexity index is 1280. The smallest absolute Gasteiger partial charge is 0.244 e. The Morgan fingerprint density at radius 3 is 2.30 bits per heavy atom. The first-order valence-corrected chi connectivity index (χ1v) is 12.4. The largest absolute Gasteiger partial charge is 0.493 e. The highest BCUT2D eigenvalue weighted by atomic mass is 79.9. The van der Waals surface area contributed by atoms with Gasteiger partial charge in [0.05, 0.1) is 19.1 Å². The molecule has 0 radical (unpaired) electrons. The maximum atomic E-state index is 13.7. The lowest BCUT2D eigenvalue weighted by atomic mass is 9.95. The fourth-order valence-electron chi connectivity index (χ4n) is 3.85. The molecule has 9 heteroatoms. The molecule has 1 aliphatic heterocycles. The van der Waals surface area contributed by atoms with E-state index in [1.807, 2.05) is 36.4 Å². The number of halogens is 1. The molecule has 0 fully saturated rings. The Morgan fingerprint density at radius 1 is 0.970 bits per heavy atom. The van der Waals surface area contributed by atoms with Gasteiger partial charge in [0.15, 0.2) is 11.5 Å². The molecule has 1 amide bonds. The van der Waals surface area contributed by atoms with Crippen molar-refractivity contribution in [2.45, 2.75) is 23.9 Å². The molecule has 7 nitrogen and oxygen atoms in total. The SMILES string of the molecule is COc1ccc(S(=O)(=O)N2Cc3ccccc3CC2C(=O)Nc2ccc(Br)cc2)cc1OC. The number of fused-ring (bicyclic) bond motifs is 1. The van der Waals surface area contributed by atoms with Crippen LogP contribution in [-0.2, 0) is 27.8 Å². The minimum absolute atomic E-state index is 0.0287. The third kappa shape index (κ3) is 4.75. The Balaban J connectivity index is 1.72. The van der Waals surface area contributed by atoms with Crippen LogP contribution in [0.25, 0.3) is 0 Å². The number of nitrogens with zero attached hydrogens (tertiary/aromatic N) is 1. The average molecular weight is 531 g/mol. The van der Waals surface area contributed by atoms with Gasteiger partial charge in [0.2, 0.25) is 15.9 Å². The van der Waals surface area contributed by atoms with E-state index in [2.05, 4.69) is 21.2 Å². The molecule has 1 N–H and O–H groups in total. The van der Waals surface area contributed by atoms with Crippen molar-refractivity contribution >= 4 is 37.5 Å². The molecule has 0 aromatic heterocycles. The zero-order valence-corrected chi connectivity index (χ0v) is 20.5. The van der Waals surface area contributed by atoms with Crippen LogP contribution in [0.5, 0.6) is 11.5 Å². The molecule has 172 valence electrons. The van der Waals surface area contributed by atoms with Crippen LogP contribution < -0.4 is 14.8 Å². The summed E-state index contributed by atoms with van der Waals surface area (Å²) in [4.78, 5) is 13.3. The number of benzene rings is 3. The maximum absolute atomic E-state index is 13.7. The molecule has 1 heterocycles. The van der Waals surface area contributed by atoms with Gasteiger partial charge >= 0.3 is 0 Å². The summed E-state index contributed by atoms with van der Waals surface area (Å²) >= 11 is 3.37. The van der Waals surface area contributed by atoms with Crippen LogP contribution in [0.4, 0.5) is 5.69 Å². The first-order valence-electron chi connectivity index (χ1n) is 10.2. The molecule has 3 aromatic carbocycles. The number of ether oxygens (including phenoxy) is 2. The molecule has 0 bridgehead atoms. The Hall–Kier alpha value is -2.88. The molecule has 1 atom stereocenters. The molecule has 4 rings (SSSR count). The van der Waals surface area contributed by atoms with Gasteiger partial charge in [-0.25, -0.2) is 8.42 Å². The molecule has 33 heavy (non-hydrogen) atoms. The lowest BCUT2D eigenvalue weighted by Gasteiger charge is -2.35. The van der Waals surface area contributed by atoms with E-state index < -0.39 is 22.0 Å². The number of nitrogens with one attached hydrogen (secondary N) is 1. The minimum Gasteiger partial charge on any atom is -0.493 e. The van der Waals surface area contributed by atoms with E-state index in [0.29, 0.717) is 17.2 Å². The Kier molecular flexibility index (Phi) is 6.73. The zero-order valence-electron chi connectivity index (χ0n) is 18.1. The van der Waals surface area contributed by atoms with Gasteiger partial charge in [0.1, 0.15) is 6.04 Å². The van der Waals surface area contributed by atoms with Gasteiger partial charge in [-0.05, 0) is 53.9 Å². The molecule has 1 aliphatic rings. The van der Waals surface area contributed by atoms with Crippen molar-refractivity contribution in [3.63, 3.8) is 0 Å². The number of amides is 1. The van der Waals surface area contributed by atoms with Gasteiger partial charge in [-0.2, -0.15) is 4.31 Å². The molecule has 0 saturated carbocycles. The van der Waals surface area contributed by atoms with Gasteiger partial charge < -0.3 is 14.8 Å². The predicted molar refractivity (Wildman–Crippen MR) is 129 cm³/mol. The summed E-state index contributed by atoms with van der Waals surface area (Å²) in [6.45, 7) is 0.0886. The first-order chi connectivity index (χ1) is 15.8. The molecule has 3 aromatic rings. The maximum Gasteiger partial charge on any atom is 0.244 e. The number of hydrogen-bond acceptors (Lipinski definition) is 5. The number of carbonyl (C=O) groups is 1. The summed E-state index contributed by atoms with van der Waals surface area (Å²) in [6, 6.07) is 18.2. The second kappa shape index (κ2) is 9.54. The highest BCUT2D eigenvalue weighted by Crippen LogP contribution is 2.34. The van der Waals surface area contributed by atoms with E-state index >= 15 is 0 Å². The van der Waals surface area contributed by atoms with Crippen LogP contribution in [-0.4, -0.2) is 38.9 Å². The van der Waals surface area contributed by atoms with Crippen molar-refractivity contribution < 1.29 is 22.7 Å². The third-order valence-electron chi connectivity index (χ3n) is 5.58. The van der Waals surface area contributed by atoms with Gasteiger partial charge in [-0.1, -0.05) is 40.2 Å². The van der Waals surface area contributed by atoms with E-state index in [-0.39, 0.29) is 17.9 Å². The molecule has 0 saturated heterocycles. The molecule has 0 aliphatic carbocycles. The standard InChI is InChI=1S/C24H23BrN2O5S/c1-31-22-12-11-20(14-23(22)32-2)33(29,30)27-15-17-6-4-3-5-16(17)13-21(27)24(28)26-19-9-7-18(25)8-10-19/h3-12,14,21H,13,15H2,1-2H3,(H,26,28). The normalized spacial score (nSPS) is 16.0. The van der Waals surface area contributed by atoms with E-state index in [1.54, 1.807) is 18.2 Å². The highest BCUT2D eigenvalue weighted by Gasteiger charge is 2.40. The summed E-state index contributed by atoms with van der Waals surface area (Å²) in [5.41, 5.74) is 2.41. The van der Waals surface area contributed by atoms with Crippen molar-refractivity contribution in [3.8, 4) is 11.5 Å². The van der Waals surface area contributed by atoms with E-state index in [0.717, 1.165) is 15.6 Å². The minimum atomic E-state index is -4.03. The van der Waals surface area contributed by atoms with Gasteiger partial charge in [0, 0.05) is 22.8 Å². The Labute approximate surface area is 201 Å². The topological polar surface area (TPSA) is 84.9 Å². The summed E-state index contributed by atoms with van der Waals surface area (Å²) in [6.07, 6.45) is 0.269. The lowest BCUT2D eigenvalue weighted by Crippen LogP contribution is -2.50. The van der Waals surface area contributed by atoms with Crippen molar-refractivity contribution in [1.29, 1.82) is 0 Å². The van der Waals surface area contributed by atoms with Crippen molar-refractivity contribution in [1.82, 2.24) is 4.31 Å². The highest BCUT2D eigenvalue weighted by molar-refractivity contribution is 9.10. The van der Waals surface area contributed by atoms with E-state index in [9.17, 15) is 13.2 Å². The fraction of sp³-hybridized carbons (Fsp3) is 0.208. The summed E-state index contributed by atoms with van der Waals surface area (Å²) in [7, 11) is -1.10. The van der Waals surface area contributed by atoms with Crippen LogP contribution in [0.2, 0.25) is 0 Å². The van der Waals surface area contributed by atoms with Crippen LogP contribution >= 0.6 is 15.9 Å². The second-order valence-electron chi connectivity index (χ2n) is 7.55. The molecule has 0 spiro atoms. The number of sulfonamides is 1. The zero-order chi connectivity index (χ0) is 23.6. The van der Waals surface area contributed by atoms with E-state index in [4.69, 9.17) is 9.47 Å². The predicted octanol–water partition coefficient (Wildman–Crippen LogP) is 4.22. The van der Waals surface area contributed by atoms with Gasteiger partial charge in [0.25, 0.3) is 0 Å². The van der Waals surface area contributed by atoms with Crippen molar-refractivity contribution in [2.24, 2.45) is 0 Å². The molecule has 1 unspecified atom stereocenters. The summed E-state index contributed by atoms with van der Waals surface area (Å²) in [5.74, 6) is 0.327. The van der Waals surface area contributed by atoms with Gasteiger partial charge in [-0.3, -0.25) is 4.79 Å². The lowest BCUT2D eigenvalue weighted by molar-refractivity contribution is -0.120. The van der Waals surface area contributed by atoms with Gasteiger partial charge in [-0.15, -0.1) is 0 Å². The average Bonchev–Trinajstić information content (AvgIpc) is 2.84. The number of methoxy groups -OCH3 is 2. The monoisotopic (exact) mass is 530 g/mol. The molecular formula is C24H23BrN2O5S. The summed E-state index contributed by atoms with van der Waals surface area (Å²) in [5, 5.41) is 2.85. The van der Waals surface area contributed by atoms with Crippen LogP contribution in [0.1, 0.15) is 11.1 Å². The first kappa shape index (κ1) is 23.3. The van der Waals surface area contributed by atoms with Crippen LogP contribution in [0.3, 0.4) is 0 Å². The second-order valence-corrected chi connectivity index (χ2v) is 10.4. The number of anilines is 1. The van der Waals surface area contributed by atoms with Crippen LogP contribution in [0.15, 0.2) is 76.1 Å². The van der Waals surface area contributed by atoms with Crippen molar-refractivity contribution in [3.05, 3.63) is 82.3 Å². The number of carbonyl (C=O) groups excluding carboxylic acids is 1. The fourth-order valence-corrected chi connectivity index (χ4v) is 5.69. The van der Waals surface area contributed by atoms with E-state index in [1.165, 1.54) is 30.7 Å². The Morgan fingerprint density at radius 2 is 1.64 bits per heavy atom. The third-order valence-corrected chi connectivity index (χ3v) is 7.96. The summed E-state index contributed by atoms with van der Waals surface area (Å²) < 4.78 is 40.1. The molecular weight excluding hydrogens is 508 g/mol. The van der Waals surface area contributed by atoms with Crippen LogP contribution in [0, 0.1) is 0 Å². The number of rotatable bonds is 6. The quantitative estimate of drug-likeness (QED) is 0.515.